The van der Waals surface area contributed by atoms with E-state index >= 15 is 0 Å². The van der Waals surface area contributed by atoms with Gasteiger partial charge in [0.1, 0.15) is 0 Å². The fourth-order valence-electron chi connectivity index (χ4n) is 3.31. The Labute approximate surface area is 161 Å². The van der Waals surface area contributed by atoms with Gasteiger partial charge in [0.2, 0.25) is 11.8 Å². The van der Waals surface area contributed by atoms with Gasteiger partial charge >= 0.3 is 0 Å². The monoisotopic (exact) mass is 383 g/mol. The lowest BCUT2D eigenvalue weighted by Crippen LogP contribution is -2.32. The van der Waals surface area contributed by atoms with Gasteiger partial charge in [-0.2, -0.15) is 5.26 Å². The number of carbonyl (C=O) groups is 2. The molecule has 0 bridgehead atoms. The second kappa shape index (κ2) is 8.61. The van der Waals surface area contributed by atoms with Crippen LogP contribution in [0.4, 0.5) is 20.2 Å². The van der Waals surface area contributed by atoms with E-state index in [1.165, 1.54) is 6.07 Å². The van der Waals surface area contributed by atoms with Crippen LogP contribution in [0.3, 0.4) is 0 Å². The van der Waals surface area contributed by atoms with Crippen molar-refractivity contribution in [1.82, 2.24) is 0 Å². The molecule has 1 aliphatic rings. The van der Waals surface area contributed by atoms with Crippen LogP contribution in [-0.2, 0) is 9.59 Å². The van der Waals surface area contributed by atoms with Gasteiger partial charge in [-0.15, -0.1) is 0 Å². The van der Waals surface area contributed by atoms with Crippen molar-refractivity contribution in [2.24, 2.45) is 11.8 Å². The van der Waals surface area contributed by atoms with Crippen molar-refractivity contribution in [3.8, 4) is 6.07 Å². The van der Waals surface area contributed by atoms with Crippen LogP contribution in [-0.4, -0.2) is 11.8 Å². The van der Waals surface area contributed by atoms with Gasteiger partial charge in [0.15, 0.2) is 11.6 Å². The molecular weight excluding hydrogens is 364 g/mol. The van der Waals surface area contributed by atoms with Gasteiger partial charge in [0.05, 0.1) is 11.6 Å². The van der Waals surface area contributed by atoms with E-state index in [1.807, 2.05) is 6.07 Å². The van der Waals surface area contributed by atoms with E-state index in [0.717, 1.165) is 12.1 Å². The molecule has 0 aliphatic heterocycles. The summed E-state index contributed by atoms with van der Waals surface area (Å²) in [6, 6.07) is 11.9. The molecule has 2 aromatic rings. The molecule has 144 valence electrons. The van der Waals surface area contributed by atoms with Crippen LogP contribution in [0.5, 0.6) is 0 Å². The first-order chi connectivity index (χ1) is 13.5. The van der Waals surface area contributed by atoms with Gasteiger partial charge in [0.25, 0.3) is 0 Å². The fraction of sp³-hybridized carbons (Fsp3) is 0.286. The van der Waals surface area contributed by atoms with Crippen molar-refractivity contribution in [3.05, 3.63) is 59.7 Å². The Morgan fingerprint density at radius 2 is 1.32 bits per heavy atom. The Balaban J connectivity index is 1.50. The molecule has 2 aromatic carbocycles. The molecule has 2 N–H and O–H groups in total. The third-order valence-electron chi connectivity index (χ3n) is 4.94. The molecule has 2 amide bonds. The average molecular weight is 383 g/mol. The van der Waals surface area contributed by atoms with Gasteiger partial charge in [-0.1, -0.05) is 0 Å². The third kappa shape index (κ3) is 4.71. The molecule has 0 radical (unpaired) electrons. The summed E-state index contributed by atoms with van der Waals surface area (Å²) in [5, 5.41) is 14.2. The van der Waals surface area contributed by atoms with Crippen LogP contribution in [0.15, 0.2) is 42.5 Å². The highest BCUT2D eigenvalue weighted by Gasteiger charge is 2.30. The van der Waals surface area contributed by atoms with Crippen LogP contribution < -0.4 is 10.6 Å². The lowest BCUT2D eigenvalue weighted by atomic mass is 9.81. The first kappa shape index (κ1) is 19.5. The number of anilines is 2. The Bertz CT molecular complexity index is 914. The van der Waals surface area contributed by atoms with E-state index in [4.69, 9.17) is 5.26 Å². The average Bonchev–Trinajstić information content (AvgIpc) is 2.71. The molecule has 5 nitrogen and oxygen atoms in total. The van der Waals surface area contributed by atoms with E-state index < -0.39 is 11.6 Å². The summed E-state index contributed by atoms with van der Waals surface area (Å²) in [7, 11) is 0. The number of nitriles is 1. The molecule has 0 atom stereocenters. The maximum Gasteiger partial charge on any atom is 0.227 e. The number of hydrogen-bond donors (Lipinski definition) is 2. The van der Waals surface area contributed by atoms with Crippen LogP contribution >= 0.6 is 0 Å². The molecule has 1 saturated carbocycles. The molecule has 1 fully saturated rings. The molecule has 7 heteroatoms. The quantitative estimate of drug-likeness (QED) is 0.829. The van der Waals surface area contributed by atoms with Crippen LogP contribution in [0.1, 0.15) is 31.2 Å². The number of hydrogen-bond acceptors (Lipinski definition) is 3. The molecule has 0 saturated heterocycles. The van der Waals surface area contributed by atoms with Crippen LogP contribution in [0.2, 0.25) is 0 Å². The van der Waals surface area contributed by atoms with Gasteiger partial charge in [0, 0.05) is 29.3 Å². The molecule has 0 heterocycles. The lowest BCUT2D eigenvalue weighted by molar-refractivity contribution is -0.125. The van der Waals surface area contributed by atoms with Crippen molar-refractivity contribution in [1.29, 1.82) is 5.26 Å². The summed E-state index contributed by atoms with van der Waals surface area (Å²) >= 11 is 0. The lowest BCUT2D eigenvalue weighted by Gasteiger charge is -2.27. The number of benzene rings is 2. The Morgan fingerprint density at radius 3 is 1.82 bits per heavy atom. The SMILES string of the molecule is N#Cc1ccc(NC(=O)C2CCC(C(=O)Nc3ccc(F)c(F)c3)CC2)cc1. The van der Waals surface area contributed by atoms with Gasteiger partial charge in [-0.25, -0.2) is 8.78 Å². The van der Waals surface area contributed by atoms with Crippen molar-refractivity contribution in [2.45, 2.75) is 25.7 Å². The smallest absolute Gasteiger partial charge is 0.227 e. The van der Waals surface area contributed by atoms with Crippen molar-refractivity contribution < 1.29 is 18.4 Å². The van der Waals surface area contributed by atoms with E-state index in [-0.39, 0.29) is 29.3 Å². The first-order valence-electron chi connectivity index (χ1n) is 9.03. The Hall–Kier alpha value is -3.27. The fourth-order valence-corrected chi connectivity index (χ4v) is 3.31. The molecule has 3 rings (SSSR count). The number of carbonyl (C=O) groups excluding carboxylic acids is 2. The zero-order chi connectivity index (χ0) is 20.1. The number of nitrogens with zero attached hydrogens (tertiary/aromatic N) is 1. The number of amides is 2. The molecule has 28 heavy (non-hydrogen) atoms. The summed E-state index contributed by atoms with van der Waals surface area (Å²) in [5.74, 6) is -2.80. The minimum absolute atomic E-state index is 0.107. The Kier molecular flexibility index (Phi) is 5.99. The number of halogens is 2. The second-order valence-corrected chi connectivity index (χ2v) is 6.85. The highest BCUT2D eigenvalue weighted by molar-refractivity contribution is 5.94. The summed E-state index contributed by atoms with van der Waals surface area (Å²) in [5.41, 5.74) is 1.36. The predicted molar refractivity (Wildman–Crippen MR) is 100 cm³/mol. The third-order valence-corrected chi connectivity index (χ3v) is 4.94. The topological polar surface area (TPSA) is 82.0 Å². The van der Waals surface area contributed by atoms with Gasteiger partial charge < -0.3 is 10.6 Å². The highest BCUT2D eigenvalue weighted by Crippen LogP contribution is 2.30. The summed E-state index contributed by atoms with van der Waals surface area (Å²) < 4.78 is 26.2. The van der Waals surface area contributed by atoms with Crippen LogP contribution in [0, 0.1) is 34.8 Å². The van der Waals surface area contributed by atoms with E-state index in [2.05, 4.69) is 10.6 Å². The van der Waals surface area contributed by atoms with Gasteiger partial charge in [-0.05, 0) is 62.1 Å². The standard InChI is InChI=1S/C21H19F2N3O2/c22-18-10-9-17(11-19(18)23)26-21(28)15-5-3-14(4-6-15)20(27)25-16-7-1-13(12-24)2-8-16/h1-2,7-11,14-15H,3-6H2,(H,25,27)(H,26,28). The van der Waals surface area contributed by atoms with Crippen molar-refractivity contribution >= 4 is 23.2 Å². The van der Waals surface area contributed by atoms with Crippen molar-refractivity contribution in [3.63, 3.8) is 0 Å². The van der Waals surface area contributed by atoms with Gasteiger partial charge in [-0.3, -0.25) is 9.59 Å². The minimum Gasteiger partial charge on any atom is -0.326 e. The normalized spacial score (nSPS) is 18.8. The zero-order valence-electron chi connectivity index (χ0n) is 15.0. The molecule has 0 aromatic heterocycles. The number of rotatable bonds is 4. The first-order valence-corrected chi connectivity index (χ1v) is 9.03. The largest absolute Gasteiger partial charge is 0.326 e. The maximum atomic E-state index is 13.2. The zero-order valence-corrected chi connectivity index (χ0v) is 15.0. The second-order valence-electron chi connectivity index (χ2n) is 6.85. The van der Waals surface area contributed by atoms with E-state index in [0.29, 0.717) is 36.9 Å². The van der Waals surface area contributed by atoms with Crippen LogP contribution in [0.25, 0.3) is 0 Å². The summed E-state index contributed by atoms with van der Waals surface area (Å²) in [4.78, 5) is 24.7. The summed E-state index contributed by atoms with van der Waals surface area (Å²) in [6.45, 7) is 0. The molecular formula is C21H19F2N3O2. The number of nitrogens with one attached hydrogen (secondary N) is 2. The molecule has 1 aliphatic carbocycles. The predicted octanol–water partition coefficient (Wildman–Crippen LogP) is 4.22. The minimum atomic E-state index is -1.01. The summed E-state index contributed by atoms with van der Waals surface area (Å²) in [6.07, 6.45) is 2.22. The maximum absolute atomic E-state index is 13.2. The highest BCUT2D eigenvalue weighted by atomic mass is 19.2. The van der Waals surface area contributed by atoms with Crippen molar-refractivity contribution in [2.75, 3.05) is 10.6 Å². The molecule has 0 spiro atoms. The van der Waals surface area contributed by atoms with E-state index in [1.54, 1.807) is 24.3 Å². The Morgan fingerprint density at radius 1 is 0.821 bits per heavy atom. The van der Waals surface area contributed by atoms with E-state index in [9.17, 15) is 18.4 Å². The molecule has 0 unspecified atom stereocenters.